The van der Waals surface area contributed by atoms with Crippen molar-refractivity contribution in [1.82, 2.24) is 10.3 Å². The lowest BCUT2D eigenvalue weighted by Crippen LogP contribution is -2.28. The van der Waals surface area contributed by atoms with Crippen molar-refractivity contribution >= 4 is 22.6 Å². The first-order valence-corrected chi connectivity index (χ1v) is 5.56. The molecule has 2 rings (SSSR count). The summed E-state index contributed by atoms with van der Waals surface area (Å²) in [5.41, 5.74) is 0. The van der Waals surface area contributed by atoms with Crippen molar-refractivity contribution in [3.8, 4) is 5.75 Å². The van der Waals surface area contributed by atoms with Crippen LogP contribution in [0.25, 0.3) is 0 Å². The Balaban J connectivity index is 1.88. The Morgan fingerprint density at radius 3 is 3.21 bits per heavy atom. The molecule has 2 heterocycles. The van der Waals surface area contributed by atoms with Gasteiger partial charge in [-0.15, -0.1) is 0 Å². The maximum absolute atomic E-state index is 5.59. The van der Waals surface area contributed by atoms with Crippen LogP contribution in [-0.2, 0) is 0 Å². The zero-order chi connectivity index (χ0) is 9.80. The minimum Gasteiger partial charge on any atom is -0.490 e. The first-order valence-electron chi connectivity index (χ1n) is 4.48. The molecule has 4 heteroatoms. The molecule has 0 bridgehead atoms. The van der Waals surface area contributed by atoms with E-state index in [0.29, 0.717) is 12.6 Å². The minimum absolute atomic E-state index is 0.341. The summed E-state index contributed by atoms with van der Waals surface area (Å²) in [5.74, 6) is 0.832. The number of hydrogen-bond donors (Lipinski definition) is 1. The molecule has 1 N–H and O–H groups in total. The van der Waals surface area contributed by atoms with Crippen molar-refractivity contribution < 1.29 is 4.74 Å². The first kappa shape index (κ1) is 9.92. The topological polar surface area (TPSA) is 34.1 Å². The van der Waals surface area contributed by atoms with Crippen LogP contribution in [-0.4, -0.2) is 24.2 Å². The van der Waals surface area contributed by atoms with Crippen molar-refractivity contribution in [3.05, 3.63) is 34.2 Å². The summed E-state index contributed by atoms with van der Waals surface area (Å²) in [5, 5.41) is 3.28. The molecule has 3 nitrogen and oxygen atoms in total. The second kappa shape index (κ2) is 4.75. The Morgan fingerprint density at radius 1 is 1.57 bits per heavy atom. The molecule has 0 saturated carbocycles. The molecule has 1 aromatic heterocycles. The lowest BCUT2D eigenvalue weighted by atomic mass is 10.3. The summed E-state index contributed by atoms with van der Waals surface area (Å²) in [6, 6.07) is 2.32. The van der Waals surface area contributed by atoms with Crippen molar-refractivity contribution in [2.24, 2.45) is 0 Å². The molecule has 1 aromatic rings. The largest absolute Gasteiger partial charge is 0.490 e. The van der Waals surface area contributed by atoms with E-state index >= 15 is 0 Å². The Kier molecular flexibility index (Phi) is 3.36. The molecular weight excluding hydrogens is 287 g/mol. The summed E-state index contributed by atoms with van der Waals surface area (Å²) < 4.78 is 6.68. The van der Waals surface area contributed by atoms with Gasteiger partial charge in [-0.05, 0) is 28.7 Å². The molecule has 14 heavy (non-hydrogen) atoms. The predicted octanol–water partition coefficient (Wildman–Crippen LogP) is 1.59. The fourth-order valence-corrected chi connectivity index (χ4v) is 1.76. The van der Waals surface area contributed by atoms with Gasteiger partial charge in [-0.1, -0.05) is 12.2 Å². The van der Waals surface area contributed by atoms with Crippen molar-refractivity contribution in [2.75, 3.05) is 13.2 Å². The highest BCUT2D eigenvalue weighted by Gasteiger charge is 2.08. The van der Waals surface area contributed by atoms with Crippen LogP contribution in [0.4, 0.5) is 0 Å². The molecule has 0 spiro atoms. The van der Waals surface area contributed by atoms with E-state index in [9.17, 15) is 0 Å². The number of pyridine rings is 1. The molecule has 0 unspecified atom stereocenters. The molecule has 0 radical (unpaired) electrons. The van der Waals surface area contributed by atoms with Gasteiger partial charge in [0.1, 0.15) is 12.4 Å². The molecular formula is C10H11IN2O. The normalized spacial score (nSPS) is 19.9. The SMILES string of the molecule is [123I]c1cncc(OC[C@@H]2C=CCN2)c1. The van der Waals surface area contributed by atoms with Gasteiger partial charge in [0, 0.05) is 16.3 Å². The Hall–Kier alpha value is -0.620. The van der Waals surface area contributed by atoms with Crippen LogP contribution in [0.15, 0.2) is 30.6 Å². The highest BCUT2D eigenvalue weighted by atomic mass is 123. The Morgan fingerprint density at radius 2 is 2.50 bits per heavy atom. The molecule has 0 fully saturated rings. The standard InChI is InChI=1S/C10H11IN2O/c11-8-4-10(6-12-5-8)14-7-9-2-1-3-13-9/h1-2,4-6,9,13H,3,7H2/t9-/m0/s1/i11-4. The summed E-state index contributed by atoms with van der Waals surface area (Å²) >= 11 is 2.22. The smallest absolute Gasteiger partial charge is 0.138 e. The van der Waals surface area contributed by atoms with E-state index in [0.717, 1.165) is 15.9 Å². The van der Waals surface area contributed by atoms with Crippen LogP contribution >= 0.6 is 22.6 Å². The van der Waals surface area contributed by atoms with Crippen LogP contribution in [0.2, 0.25) is 0 Å². The van der Waals surface area contributed by atoms with Gasteiger partial charge in [0.15, 0.2) is 0 Å². The minimum atomic E-state index is 0.341. The second-order valence-electron chi connectivity index (χ2n) is 3.09. The number of nitrogens with one attached hydrogen (secondary N) is 1. The van der Waals surface area contributed by atoms with Gasteiger partial charge < -0.3 is 10.1 Å². The molecule has 0 saturated heterocycles. The highest BCUT2D eigenvalue weighted by molar-refractivity contribution is 14.1. The van der Waals surface area contributed by atoms with Crippen molar-refractivity contribution in [2.45, 2.75) is 6.04 Å². The van der Waals surface area contributed by atoms with E-state index < -0.39 is 0 Å². The number of rotatable bonds is 3. The maximum atomic E-state index is 5.59. The van der Waals surface area contributed by atoms with E-state index in [2.05, 4.69) is 45.0 Å². The molecule has 1 aliphatic rings. The maximum Gasteiger partial charge on any atom is 0.138 e. The molecule has 1 aliphatic heterocycles. The first-order chi connectivity index (χ1) is 6.84. The molecule has 1 atom stereocenters. The highest BCUT2D eigenvalue weighted by Crippen LogP contribution is 2.13. The Bertz CT molecular complexity index is 341. The monoisotopic (exact) mass is 298 g/mol. The van der Waals surface area contributed by atoms with E-state index in [1.807, 2.05) is 6.07 Å². The van der Waals surface area contributed by atoms with Gasteiger partial charge in [0.25, 0.3) is 0 Å². The average molecular weight is 298 g/mol. The lowest BCUT2D eigenvalue weighted by Gasteiger charge is -2.10. The molecule has 0 aliphatic carbocycles. The number of hydrogen-bond acceptors (Lipinski definition) is 3. The van der Waals surface area contributed by atoms with Gasteiger partial charge in [-0.3, -0.25) is 4.98 Å². The summed E-state index contributed by atoms with van der Waals surface area (Å²) in [6.45, 7) is 1.61. The van der Waals surface area contributed by atoms with Crippen LogP contribution in [0.3, 0.4) is 0 Å². The van der Waals surface area contributed by atoms with Crippen LogP contribution in [0.1, 0.15) is 0 Å². The predicted molar refractivity (Wildman–Crippen MR) is 63.4 cm³/mol. The van der Waals surface area contributed by atoms with E-state index in [1.54, 1.807) is 12.4 Å². The summed E-state index contributed by atoms with van der Waals surface area (Å²) in [4.78, 5) is 4.06. The molecule has 0 amide bonds. The van der Waals surface area contributed by atoms with Gasteiger partial charge in [0.05, 0.1) is 12.2 Å². The average Bonchev–Trinajstić information content (AvgIpc) is 2.67. The van der Waals surface area contributed by atoms with E-state index in [-0.39, 0.29) is 0 Å². The quantitative estimate of drug-likeness (QED) is 0.680. The third-order valence-corrected chi connectivity index (χ3v) is 2.57. The van der Waals surface area contributed by atoms with Crippen LogP contribution in [0.5, 0.6) is 5.75 Å². The lowest BCUT2D eigenvalue weighted by molar-refractivity contribution is 0.292. The third-order valence-electron chi connectivity index (χ3n) is 1.98. The zero-order valence-corrected chi connectivity index (χ0v) is 9.77. The summed E-state index contributed by atoms with van der Waals surface area (Å²) in [7, 11) is 0. The van der Waals surface area contributed by atoms with Crippen LogP contribution < -0.4 is 10.1 Å². The van der Waals surface area contributed by atoms with Gasteiger partial charge in [0.2, 0.25) is 0 Å². The molecule has 74 valence electrons. The number of aromatic nitrogens is 1. The number of nitrogens with zero attached hydrogens (tertiary/aromatic N) is 1. The molecule has 0 aromatic carbocycles. The van der Waals surface area contributed by atoms with Crippen molar-refractivity contribution in [1.29, 1.82) is 0 Å². The third kappa shape index (κ3) is 2.68. The summed E-state index contributed by atoms with van der Waals surface area (Å²) in [6.07, 6.45) is 7.78. The number of halogens is 1. The van der Waals surface area contributed by atoms with Crippen molar-refractivity contribution in [3.63, 3.8) is 0 Å². The Labute approximate surface area is 96.7 Å². The van der Waals surface area contributed by atoms with Gasteiger partial charge >= 0.3 is 0 Å². The fraction of sp³-hybridized carbons (Fsp3) is 0.300. The van der Waals surface area contributed by atoms with Crippen LogP contribution in [0, 0.1) is 3.57 Å². The van der Waals surface area contributed by atoms with Gasteiger partial charge in [-0.2, -0.15) is 0 Å². The zero-order valence-electron chi connectivity index (χ0n) is 7.61. The van der Waals surface area contributed by atoms with E-state index in [4.69, 9.17) is 4.74 Å². The fourth-order valence-electron chi connectivity index (χ4n) is 1.29. The van der Waals surface area contributed by atoms with Gasteiger partial charge in [-0.25, -0.2) is 0 Å². The second-order valence-corrected chi connectivity index (χ2v) is 4.34. The van der Waals surface area contributed by atoms with E-state index in [1.165, 1.54) is 0 Å². The number of ether oxygens (including phenoxy) is 1.